The average Bonchev–Trinajstić information content (AvgIpc) is 3.25. The molecule has 2 amide bonds. The van der Waals surface area contributed by atoms with Crippen LogP contribution in [-0.2, 0) is 9.59 Å². The number of aryl methyl sites for hydroxylation is 2. The van der Waals surface area contributed by atoms with Gasteiger partial charge in [0.25, 0.3) is 0 Å². The van der Waals surface area contributed by atoms with Crippen LogP contribution in [0.1, 0.15) is 56.4 Å². The molecule has 2 aliphatic heterocycles. The van der Waals surface area contributed by atoms with Crippen molar-refractivity contribution in [3.63, 3.8) is 0 Å². The molecule has 5 heterocycles. The van der Waals surface area contributed by atoms with E-state index in [0.717, 1.165) is 41.2 Å². The molecule has 194 valence electrons. The molecule has 0 spiro atoms. The summed E-state index contributed by atoms with van der Waals surface area (Å²) in [5.74, 6) is -0.400. The van der Waals surface area contributed by atoms with Gasteiger partial charge in [-0.1, -0.05) is 6.07 Å². The summed E-state index contributed by atoms with van der Waals surface area (Å²) in [6.07, 6.45) is 1.67. The Kier molecular flexibility index (Phi) is 6.54. The number of thiophene rings is 2. The molecule has 0 radical (unpaired) electrons. The second-order valence-corrected chi connectivity index (χ2v) is 12.2. The number of Topliss-reactive ketones (excluding diaryl/α,β-unsaturated/α-hetero) is 1. The molecule has 1 N–H and O–H groups in total. The molecule has 3 aliphatic rings. The standard InChI is InChI=1S/C28H31N3O4S2/c1-16-9-15-37-26(16)22-21(25(32)19-8-5-17(2)35-19)23(20-4-3-14-36-20)31(27(33)18-6-7-18)24(22)28(34)30-12-10-29-11-13-30/h3-5,8-9,14-15,18,21-24,29H,6-7,10-13H2,1-2H3. The number of nitrogens with zero attached hydrogens (tertiary/aromatic N) is 2. The van der Waals surface area contributed by atoms with E-state index in [4.69, 9.17) is 4.42 Å². The minimum absolute atomic E-state index is 0.00276. The minimum Gasteiger partial charge on any atom is -0.458 e. The van der Waals surface area contributed by atoms with Crippen LogP contribution in [-0.4, -0.2) is 59.6 Å². The summed E-state index contributed by atoms with van der Waals surface area (Å²) < 4.78 is 5.84. The van der Waals surface area contributed by atoms with E-state index in [1.54, 1.807) is 23.5 Å². The number of hydrogen-bond donors (Lipinski definition) is 1. The van der Waals surface area contributed by atoms with E-state index in [9.17, 15) is 14.4 Å². The predicted molar refractivity (Wildman–Crippen MR) is 143 cm³/mol. The van der Waals surface area contributed by atoms with Gasteiger partial charge in [-0.25, -0.2) is 0 Å². The van der Waals surface area contributed by atoms with Crippen molar-refractivity contribution in [3.05, 3.63) is 67.9 Å². The molecule has 6 rings (SSSR count). The van der Waals surface area contributed by atoms with Gasteiger partial charge in [0.15, 0.2) is 5.76 Å². The van der Waals surface area contributed by atoms with Gasteiger partial charge in [-0.2, -0.15) is 0 Å². The van der Waals surface area contributed by atoms with Crippen molar-refractivity contribution in [2.45, 2.75) is 44.7 Å². The summed E-state index contributed by atoms with van der Waals surface area (Å²) in [5, 5.41) is 7.31. The number of likely N-dealkylation sites (tertiary alicyclic amines) is 1. The Morgan fingerprint density at radius 2 is 1.76 bits per heavy atom. The molecule has 37 heavy (non-hydrogen) atoms. The molecule has 3 aromatic rings. The number of hydrogen-bond acceptors (Lipinski definition) is 7. The number of furan rings is 1. The van der Waals surface area contributed by atoms with E-state index in [1.165, 1.54) is 11.3 Å². The molecule has 7 nitrogen and oxygen atoms in total. The third-order valence-corrected chi connectivity index (χ3v) is 9.92. The first-order chi connectivity index (χ1) is 18.0. The number of carbonyl (C=O) groups excluding carboxylic acids is 3. The second kappa shape index (κ2) is 9.85. The van der Waals surface area contributed by atoms with Gasteiger partial charge in [-0.3, -0.25) is 14.4 Å². The van der Waals surface area contributed by atoms with Crippen LogP contribution in [0.15, 0.2) is 45.5 Å². The molecule has 4 unspecified atom stereocenters. The second-order valence-electron chi connectivity index (χ2n) is 10.3. The summed E-state index contributed by atoms with van der Waals surface area (Å²) in [6.45, 7) is 6.48. The van der Waals surface area contributed by atoms with Gasteiger partial charge in [0.1, 0.15) is 11.8 Å². The highest BCUT2D eigenvalue weighted by Gasteiger charge is 2.60. The lowest BCUT2D eigenvalue weighted by Crippen LogP contribution is -2.55. The molecule has 4 atom stereocenters. The van der Waals surface area contributed by atoms with Gasteiger partial charge in [0.2, 0.25) is 17.6 Å². The first-order valence-electron chi connectivity index (χ1n) is 13.0. The van der Waals surface area contributed by atoms with Crippen molar-refractivity contribution in [3.8, 4) is 0 Å². The Labute approximate surface area is 224 Å². The van der Waals surface area contributed by atoms with Crippen LogP contribution in [0, 0.1) is 25.7 Å². The quantitative estimate of drug-likeness (QED) is 0.472. The van der Waals surface area contributed by atoms with E-state index >= 15 is 0 Å². The van der Waals surface area contributed by atoms with Crippen molar-refractivity contribution in [1.82, 2.24) is 15.1 Å². The van der Waals surface area contributed by atoms with E-state index in [1.807, 2.05) is 52.6 Å². The molecular formula is C28H31N3O4S2. The zero-order valence-corrected chi connectivity index (χ0v) is 22.6. The third kappa shape index (κ3) is 4.36. The molecule has 2 saturated heterocycles. The molecule has 1 saturated carbocycles. The smallest absolute Gasteiger partial charge is 0.246 e. The number of rotatable bonds is 6. The fourth-order valence-electron chi connectivity index (χ4n) is 5.92. The summed E-state index contributed by atoms with van der Waals surface area (Å²) in [5.41, 5.74) is 1.05. The van der Waals surface area contributed by atoms with Crippen LogP contribution in [0.5, 0.6) is 0 Å². The molecule has 3 fully saturated rings. The Morgan fingerprint density at radius 3 is 2.35 bits per heavy atom. The van der Waals surface area contributed by atoms with E-state index in [2.05, 4.69) is 5.32 Å². The van der Waals surface area contributed by atoms with Crippen molar-refractivity contribution < 1.29 is 18.8 Å². The predicted octanol–water partition coefficient (Wildman–Crippen LogP) is 4.40. The summed E-state index contributed by atoms with van der Waals surface area (Å²) >= 11 is 3.11. The molecular weight excluding hydrogens is 506 g/mol. The van der Waals surface area contributed by atoms with Crippen LogP contribution >= 0.6 is 22.7 Å². The maximum Gasteiger partial charge on any atom is 0.246 e. The Bertz CT molecular complexity index is 1300. The lowest BCUT2D eigenvalue weighted by Gasteiger charge is -2.36. The third-order valence-electron chi connectivity index (χ3n) is 7.85. The molecule has 0 aromatic carbocycles. The van der Waals surface area contributed by atoms with Crippen LogP contribution in [0.3, 0.4) is 0 Å². The Morgan fingerprint density at radius 1 is 0.973 bits per heavy atom. The molecule has 9 heteroatoms. The monoisotopic (exact) mass is 537 g/mol. The number of piperazine rings is 1. The highest BCUT2D eigenvalue weighted by Crippen LogP contribution is 2.55. The number of ketones is 1. The number of nitrogens with one attached hydrogen (secondary N) is 1. The molecule has 3 aromatic heterocycles. The zero-order chi connectivity index (χ0) is 25.7. The summed E-state index contributed by atoms with van der Waals surface area (Å²) in [4.78, 5) is 48.4. The van der Waals surface area contributed by atoms with Gasteiger partial charge >= 0.3 is 0 Å². The summed E-state index contributed by atoms with van der Waals surface area (Å²) in [6, 6.07) is 8.25. The van der Waals surface area contributed by atoms with E-state index < -0.39 is 23.9 Å². The fraction of sp³-hybridized carbons (Fsp3) is 0.464. The first kappa shape index (κ1) is 24.6. The van der Waals surface area contributed by atoms with Gasteiger partial charge in [-0.05, 0) is 67.3 Å². The normalized spacial score (nSPS) is 26.0. The Balaban J connectivity index is 1.55. The SMILES string of the molecule is Cc1ccc(C(=O)C2C(c3sccc3C)C(C(=O)N3CCNCC3)N(C(=O)C3CC3)C2c2cccs2)o1. The van der Waals surface area contributed by atoms with Crippen molar-refractivity contribution in [2.24, 2.45) is 11.8 Å². The lowest BCUT2D eigenvalue weighted by molar-refractivity contribution is -0.147. The zero-order valence-electron chi connectivity index (χ0n) is 21.0. The van der Waals surface area contributed by atoms with Crippen LogP contribution in [0.25, 0.3) is 0 Å². The fourth-order valence-corrected chi connectivity index (χ4v) is 7.89. The van der Waals surface area contributed by atoms with Gasteiger partial charge < -0.3 is 19.5 Å². The van der Waals surface area contributed by atoms with Crippen molar-refractivity contribution in [2.75, 3.05) is 26.2 Å². The number of carbonyl (C=O) groups is 3. The van der Waals surface area contributed by atoms with Crippen molar-refractivity contribution >= 4 is 40.3 Å². The Hall–Kier alpha value is -2.75. The average molecular weight is 538 g/mol. The first-order valence-corrected chi connectivity index (χ1v) is 14.7. The maximum absolute atomic E-state index is 14.4. The highest BCUT2D eigenvalue weighted by atomic mass is 32.1. The van der Waals surface area contributed by atoms with Gasteiger partial charge in [-0.15, -0.1) is 22.7 Å². The lowest BCUT2D eigenvalue weighted by atomic mass is 9.80. The van der Waals surface area contributed by atoms with E-state index in [0.29, 0.717) is 18.8 Å². The minimum atomic E-state index is -0.736. The van der Waals surface area contributed by atoms with Gasteiger partial charge in [0, 0.05) is 47.8 Å². The topological polar surface area (TPSA) is 82.9 Å². The largest absolute Gasteiger partial charge is 0.458 e. The van der Waals surface area contributed by atoms with Crippen molar-refractivity contribution in [1.29, 1.82) is 0 Å². The molecule has 1 aliphatic carbocycles. The summed E-state index contributed by atoms with van der Waals surface area (Å²) in [7, 11) is 0. The number of amides is 2. The van der Waals surface area contributed by atoms with Crippen LogP contribution in [0.4, 0.5) is 0 Å². The van der Waals surface area contributed by atoms with Crippen LogP contribution < -0.4 is 5.32 Å². The van der Waals surface area contributed by atoms with Gasteiger partial charge in [0.05, 0.1) is 12.0 Å². The molecule has 0 bridgehead atoms. The maximum atomic E-state index is 14.4. The van der Waals surface area contributed by atoms with E-state index in [-0.39, 0.29) is 29.3 Å². The van der Waals surface area contributed by atoms with Crippen LogP contribution in [0.2, 0.25) is 0 Å². The highest BCUT2D eigenvalue weighted by molar-refractivity contribution is 7.10.